The molecule has 0 fully saturated rings. The maximum absolute atomic E-state index is 11.5. The summed E-state index contributed by atoms with van der Waals surface area (Å²) < 4.78 is 2.22. The Hall–Kier alpha value is -1.05. The van der Waals surface area contributed by atoms with E-state index in [9.17, 15) is 4.79 Å². The summed E-state index contributed by atoms with van der Waals surface area (Å²) >= 11 is 2.07. The zero-order valence-corrected chi connectivity index (χ0v) is 8.89. The summed E-state index contributed by atoms with van der Waals surface area (Å²) in [6, 6.07) is 0. The Morgan fingerprint density at radius 3 is 3.00 bits per heavy atom. The first-order valence-electron chi connectivity index (χ1n) is 3.52. The molecule has 5 nitrogen and oxygen atoms in total. The maximum atomic E-state index is 11.5. The van der Waals surface area contributed by atoms with Gasteiger partial charge in [0.1, 0.15) is 5.52 Å². The minimum Gasteiger partial charge on any atom is -0.300 e. The number of halogens is 1. The van der Waals surface area contributed by atoms with Crippen molar-refractivity contribution in [2.75, 3.05) is 0 Å². The largest absolute Gasteiger partial charge is 0.300 e. The lowest BCUT2D eigenvalue weighted by atomic mass is 10.4. The van der Waals surface area contributed by atoms with Crippen LogP contribution in [0.15, 0.2) is 17.3 Å². The first-order valence-corrected chi connectivity index (χ1v) is 4.60. The van der Waals surface area contributed by atoms with Gasteiger partial charge in [0.2, 0.25) is 0 Å². The van der Waals surface area contributed by atoms with Crippen LogP contribution < -0.4 is 5.56 Å². The molecule has 0 aromatic carbocycles. The molecule has 0 radical (unpaired) electrons. The molecule has 0 saturated heterocycles. The van der Waals surface area contributed by atoms with Crippen LogP contribution in [0.5, 0.6) is 0 Å². The van der Waals surface area contributed by atoms with E-state index < -0.39 is 0 Å². The van der Waals surface area contributed by atoms with Crippen LogP contribution in [0, 0.1) is 3.57 Å². The van der Waals surface area contributed by atoms with Gasteiger partial charge in [-0.25, -0.2) is 4.98 Å². The van der Waals surface area contributed by atoms with Gasteiger partial charge in [0.25, 0.3) is 5.56 Å². The van der Waals surface area contributed by atoms with Crippen molar-refractivity contribution in [3.63, 3.8) is 0 Å². The summed E-state index contributed by atoms with van der Waals surface area (Å²) in [5, 5.41) is 7.46. The molecule has 6 heteroatoms. The minimum atomic E-state index is -0.170. The van der Waals surface area contributed by atoms with E-state index in [1.165, 1.54) is 10.9 Å². The minimum absolute atomic E-state index is 0.170. The third-order valence-electron chi connectivity index (χ3n) is 1.66. The molecule has 0 unspecified atom stereocenters. The van der Waals surface area contributed by atoms with E-state index in [1.54, 1.807) is 13.2 Å². The summed E-state index contributed by atoms with van der Waals surface area (Å²) in [5.74, 6) is 0. The van der Waals surface area contributed by atoms with Gasteiger partial charge >= 0.3 is 0 Å². The zero-order valence-electron chi connectivity index (χ0n) is 6.73. The molecule has 13 heavy (non-hydrogen) atoms. The van der Waals surface area contributed by atoms with Gasteiger partial charge in [-0.1, -0.05) is 0 Å². The van der Waals surface area contributed by atoms with Crippen LogP contribution in [0.1, 0.15) is 0 Å². The molecule has 0 bridgehead atoms. The van der Waals surface area contributed by atoms with Crippen molar-refractivity contribution in [2.45, 2.75) is 0 Å². The molecular formula is C7H5IN4O. The van der Waals surface area contributed by atoms with Crippen molar-refractivity contribution in [1.29, 1.82) is 0 Å². The second kappa shape index (κ2) is 3.02. The van der Waals surface area contributed by atoms with Crippen molar-refractivity contribution < 1.29 is 0 Å². The molecule has 2 aromatic rings. The molecule has 2 heterocycles. The standard InChI is InChI=1S/C7H5IN4O/c1-12-3-9-5-4(8)2-10-11-6(5)7(12)13/h2-3H,1H3. The zero-order chi connectivity index (χ0) is 9.42. The van der Waals surface area contributed by atoms with Crippen LogP contribution in [0.2, 0.25) is 0 Å². The topological polar surface area (TPSA) is 60.7 Å². The normalized spacial score (nSPS) is 10.6. The number of aryl methyl sites for hydroxylation is 1. The first kappa shape index (κ1) is 8.54. The van der Waals surface area contributed by atoms with Crippen LogP contribution in [0.4, 0.5) is 0 Å². The molecule has 0 saturated carbocycles. The molecule has 0 aliphatic rings. The summed E-state index contributed by atoms with van der Waals surface area (Å²) in [6.45, 7) is 0. The molecule has 2 aromatic heterocycles. The molecule has 0 aliphatic carbocycles. The van der Waals surface area contributed by atoms with Crippen LogP contribution in [-0.2, 0) is 7.05 Å². The van der Waals surface area contributed by atoms with Gasteiger partial charge in [0.15, 0.2) is 5.52 Å². The first-order chi connectivity index (χ1) is 6.20. The number of nitrogens with zero attached hydrogens (tertiary/aromatic N) is 4. The lowest BCUT2D eigenvalue weighted by Crippen LogP contribution is -2.18. The maximum Gasteiger partial charge on any atom is 0.281 e. The van der Waals surface area contributed by atoms with Gasteiger partial charge in [-0.15, -0.1) is 5.10 Å². The number of hydrogen-bond acceptors (Lipinski definition) is 4. The van der Waals surface area contributed by atoms with E-state index in [-0.39, 0.29) is 5.56 Å². The Morgan fingerprint density at radius 1 is 1.46 bits per heavy atom. The second-order valence-electron chi connectivity index (χ2n) is 2.55. The third kappa shape index (κ3) is 1.30. The van der Waals surface area contributed by atoms with E-state index in [4.69, 9.17) is 0 Å². The van der Waals surface area contributed by atoms with Crippen LogP contribution >= 0.6 is 22.6 Å². The Labute approximate surface area is 87.0 Å². The van der Waals surface area contributed by atoms with Gasteiger partial charge in [0.05, 0.1) is 16.1 Å². The number of fused-ring (bicyclic) bond motifs is 1. The van der Waals surface area contributed by atoms with E-state index in [1.807, 2.05) is 0 Å². The van der Waals surface area contributed by atoms with Gasteiger partial charge in [-0.2, -0.15) is 5.10 Å². The van der Waals surface area contributed by atoms with E-state index in [0.717, 1.165) is 3.57 Å². The lowest BCUT2D eigenvalue weighted by Gasteiger charge is -1.98. The second-order valence-corrected chi connectivity index (χ2v) is 3.71. The summed E-state index contributed by atoms with van der Waals surface area (Å²) in [6.07, 6.45) is 3.06. The van der Waals surface area contributed by atoms with Crippen molar-refractivity contribution in [1.82, 2.24) is 19.7 Å². The SMILES string of the molecule is Cn1cnc2c(I)cnnc2c1=O. The molecule has 0 N–H and O–H groups in total. The van der Waals surface area contributed by atoms with Crippen molar-refractivity contribution in [3.8, 4) is 0 Å². The van der Waals surface area contributed by atoms with E-state index in [0.29, 0.717) is 11.0 Å². The highest BCUT2D eigenvalue weighted by Crippen LogP contribution is 2.10. The number of hydrogen-bond donors (Lipinski definition) is 0. The fourth-order valence-corrected chi connectivity index (χ4v) is 1.51. The summed E-state index contributed by atoms with van der Waals surface area (Å²) in [5.41, 5.74) is 0.756. The van der Waals surface area contributed by atoms with Gasteiger partial charge in [-0.05, 0) is 22.6 Å². The van der Waals surface area contributed by atoms with Gasteiger partial charge in [0, 0.05) is 7.05 Å². The van der Waals surface area contributed by atoms with Crippen molar-refractivity contribution in [2.24, 2.45) is 7.05 Å². The fourth-order valence-electron chi connectivity index (χ4n) is 0.990. The summed E-state index contributed by atoms with van der Waals surface area (Å²) in [7, 11) is 1.64. The van der Waals surface area contributed by atoms with Gasteiger partial charge < -0.3 is 4.57 Å². The Balaban J connectivity index is 3.03. The molecular weight excluding hydrogens is 283 g/mol. The molecule has 0 atom stereocenters. The van der Waals surface area contributed by atoms with Crippen LogP contribution in [-0.4, -0.2) is 19.7 Å². The molecule has 0 aliphatic heterocycles. The Morgan fingerprint density at radius 2 is 2.23 bits per heavy atom. The smallest absolute Gasteiger partial charge is 0.281 e. The lowest BCUT2D eigenvalue weighted by molar-refractivity contribution is 0.832. The number of rotatable bonds is 0. The highest BCUT2D eigenvalue weighted by Gasteiger charge is 2.05. The monoisotopic (exact) mass is 288 g/mol. The van der Waals surface area contributed by atoms with E-state index in [2.05, 4.69) is 37.8 Å². The van der Waals surface area contributed by atoms with Crippen molar-refractivity contribution >= 4 is 33.6 Å². The van der Waals surface area contributed by atoms with E-state index >= 15 is 0 Å². The molecule has 2 rings (SSSR count). The third-order valence-corrected chi connectivity index (χ3v) is 2.45. The van der Waals surface area contributed by atoms with Crippen LogP contribution in [0.3, 0.4) is 0 Å². The highest BCUT2D eigenvalue weighted by atomic mass is 127. The Bertz CT molecular complexity index is 521. The molecule has 66 valence electrons. The quantitative estimate of drug-likeness (QED) is 0.655. The fraction of sp³-hybridized carbons (Fsp3) is 0.143. The van der Waals surface area contributed by atoms with Crippen molar-refractivity contribution in [3.05, 3.63) is 26.4 Å². The predicted molar refractivity (Wildman–Crippen MR) is 55.3 cm³/mol. The predicted octanol–water partition coefficient (Wildman–Crippen LogP) is 0.328. The molecule has 0 amide bonds. The average Bonchev–Trinajstić information content (AvgIpc) is 2.12. The molecule has 0 spiro atoms. The summed E-state index contributed by atoms with van der Waals surface area (Å²) in [4.78, 5) is 15.6. The Kier molecular flexibility index (Phi) is 1.98. The average molecular weight is 288 g/mol. The number of aromatic nitrogens is 4. The van der Waals surface area contributed by atoms with Gasteiger partial charge in [-0.3, -0.25) is 4.79 Å². The van der Waals surface area contributed by atoms with Crippen LogP contribution in [0.25, 0.3) is 11.0 Å². The highest BCUT2D eigenvalue weighted by molar-refractivity contribution is 14.1.